The minimum atomic E-state index is -0.900. The van der Waals surface area contributed by atoms with Crippen LogP contribution in [0.2, 0.25) is 15.1 Å². The summed E-state index contributed by atoms with van der Waals surface area (Å²) in [7, 11) is 1.45. The lowest BCUT2D eigenvalue weighted by Crippen LogP contribution is -2.54. The predicted octanol–water partition coefficient (Wildman–Crippen LogP) is 5.50. The topological polar surface area (TPSA) is 84.9 Å². The Balaban J connectivity index is 2.02. The van der Waals surface area contributed by atoms with Crippen molar-refractivity contribution in [2.45, 2.75) is 26.4 Å². The van der Waals surface area contributed by atoms with Crippen molar-refractivity contribution in [3.05, 3.63) is 56.5 Å². The molecule has 0 unspecified atom stereocenters. The van der Waals surface area contributed by atoms with E-state index in [1.807, 2.05) is 13.8 Å². The molecule has 32 heavy (non-hydrogen) atoms. The first-order valence-corrected chi connectivity index (χ1v) is 10.7. The van der Waals surface area contributed by atoms with Gasteiger partial charge in [0.25, 0.3) is 11.8 Å². The summed E-state index contributed by atoms with van der Waals surface area (Å²) in [4.78, 5) is 38.6. The van der Waals surface area contributed by atoms with Crippen molar-refractivity contribution >= 4 is 64.4 Å². The van der Waals surface area contributed by atoms with Crippen LogP contribution in [0.15, 0.2) is 35.9 Å². The summed E-state index contributed by atoms with van der Waals surface area (Å²) in [6.07, 6.45) is 1.98. The number of carbonyl (C=O) groups excluding carboxylic acids is 3. The van der Waals surface area contributed by atoms with Crippen LogP contribution < -0.4 is 19.7 Å². The molecule has 1 heterocycles. The van der Waals surface area contributed by atoms with Gasteiger partial charge in [0.1, 0.15) is 5.57 Å². The monoisotopic (exact) mass is 496 g/mol. The highest BCUT2D eigenvalue weighted by Crippen LogP contribution is 2.38. The molecule has 1 N–H and O–H groups in total. The highest BCUT2D eigenvalue weighted by molar-refractivity contribution is 6.43. The minimum absolute atomic E-state index is 0.0953. The average Bonchev–Trinajstić information content (AvgIpc) is 2.74. The Morgan fingerprint density at radius 3 is 2.41 bits per heavy atom. The van der Waals surface area contributed by atoms with E-state index in [2.05, 4.69) is 5.32 Å². The lowest BCUT2D eigenvalue weighted by molar-refractivity contribution is -0.122. The van der Waals surface area contributed by atoms with E-state index in [0.717, 1.165) is 11.3 Å². The summed E-state index contributed by atoms with van der Waals surface area (Å²) in [5.74, 6) is -0.970. The molecule has 1 atom stereocenters. The highest BCUT2D eigenvalue weighted by Gasteiger charge is 2.37. The maximum atomic E-state index is 13.0. The molecule has 2 aromatic rings. The number of nitrogens with one attached hydrogen (secondary N) is 1. The maximum absolute atomic E-state index is 13.0. The van der Waals surface area contributed by atoms with E-state index in [1.54, 1.807) is 6.07 Å². The number of ether oxygens (including phenoxy) is 2. The molecule has 7 nitrogen and oxygen atoms in total. The Bertz CT molecular complexity index is 1130. The third-order valence-electron chi connectivity index (χ3n) is 4.72. The third-order valence-corrected chi connectivity index (χ3v) is 5.74. The smallest absolute Gasteiger partial charge is 0.335 e. The van der Waals surface area contributed by atoms with Gasteiger partial charge in [-0.1, -0.05) is 41.7 Å². The number of urea groups is 1. The van der Waals surface area contributed by atoms with E-state index in [4.69, 9.17) is 44.3 Å². The molecule has 1 aliphatic rings. The summed E-state index contributed by atoms with van der Waals surface area (Å²) in [5, 5.41) is 2.80. The normalized spacial score (nSPS) is 16.2. The van der Waals surface area contributed by atoms with Crippen molar-refractivity contribution in [2.75, 3.05) is 12.0 Å². The number of hydrogen-bond acceptors (Lipinski definition) is 5. The van der Waals surface area contributed by atoms with Crippen LogP contribution in [-0.2, 0) is 9.59 Å². The van der Waals surface area contributed by atoms with E-state index in [1.165, 1.54) is 37.5 Å². The van der Waals surface area contributed by atoms with Crippen LogP contribution in [0.1, 0.15) is 25.8 Å². The lowest BCUT2D eigenvalue weighted by Gasteiger charge is -2.26. The first-order chi connectivity index (χ1) is 15.2. The zero-order valence-corrected chi connectivity index (χ0v) is 19.6. The SMILES string of the molecule is CC[C@H](C)Oc1c(Cl)cc(/C=C2\C(=O)NC(=O)N(c3ccc(Cl)c(Cl)c3)C2=O)cc1OC. The molecule has 0 saturated carbocycles. The molecule has 0 radical (unpaired) electrons. The highest BCUT2D eigenvalue weighted by atomic mass is 35.5. The fourth-order valence-corrected chi connectivity index (χ4v) is 3.46. The number of carbonyl (C=O) groups is 3. The van der Waals surface area contributed by atoms with Gasteiger partial charge >= 0.3 is 6.03 Å². The Labute approximate surface area is 199 Å². The first-order valence-electron chi connectivity index (χ1n) is 9.57. The second kappa shape index (κ2) is 9.81. The summed E-state index contributed by atoms with van der Waals surface area (Å²) in [6.45, 7) is 3.86. The fraction of sp³-hybridized carbons (Fsp3) is 0.227. The summed E-state index contributed by atoms with van der Waals surface area (Å²) >= 11 is 18.3. The van der Waals surface area contributed by atoms with Crippen LogP contribution in [0, 0.1) is 0 Å². The largest absolute Gasteiger partial charge is 0.493 e. The van der Waals surface area contributed by atoms with Gasteiger partial charge in [0.05, 0.1) is 34.0 Å². The molecule has 0 aromatic heterocycles. The van der Waals surface area contributed by atoms with E-state index >= 15 is 0 Å². The van der Waals surface area contributed by atoms with Gasteiger partial charge in [-0.25, -0.2) is 9.69 Å². The van der Waals surface area contributed by atoms with Gasteiger partial charge in [0.15, 0.2) is 11.5 Å². The molecule has 1 aliphatic heterocycles. The predicted molar refractivity (Wildman–Crippen MR) is 124 cm³/mol. The summed E-state index contributed by atoms with van der Waals surface area (Å²) in [5.41, 5.74) is 0.294. The zero-order chi connectivity index (χ0) is 23.6. The number of barbiturate groups is 1. The van der Waals surface area contributed by atoms with Crippen LogP contribution in [-0.4, -0.2) is 31.1 Å². The van der Waals surface area contributed by atoms with Crippen molar-refractivity contribution in [3.8, 4) is 11.5 Å². The summed E-state index contributed by atoms with van der Waals surface area (Å²) in [6, 6.07) is 6.46. The maximum Gasteiger partial charge on any atom is 0.335 e. The van der Waals surface area contributed by atoms with Crippen molar-refractivity contribution < 1.29 is 23.9 Å². The molecule has 168 valence electrons. The number of benzene rings is 2. The Kier molecular flexibility index (Phi) is 7.33. The molecule has 10 heteroatoms. The number of amides is 4. The fourth-order valence-electron chi connectivity index (χ4n) is 2.90. The van der Waals surface area contributed by atoms with Crippen LogP contribution in [0.25, 0.3) is 6.08 Å². The van der Waals surface area contributed by atoms with Gasteiger partial charge < -0.3 is 9.47 Å². The number of anilines is 1. The van der Waals surface area contributed by atoms with Gasteiger partial charge in [0, 0.05) is 0 Å². The molecule has 0 aliphatic carbocycles. The van der Waals surface area contributed by atoms with Crippen LogP contribution >= 0.6 is 34.8 Å². The average molecular weight is 498 g/mol. The Morgan fingerprint density at radius 1 is 1.06 bits per heavy atom. The Hall–Kier alpha value is -2.74. The number of imide groups is 2. The van der Waals surface area contributed by atoms with Crippen molar-refractivity contribution in [1.82, 2.24) is 5.32 Å². The van der Waals surface area contributed by atoms with Gasteiger partial charge in [-0.05, 0) is 55.3 Å². The number of hydrogen-bond donors (Lipinski definition) is 1. The molecule has 1 saturated heterocycles. The lowest BCUT2D eigenvalue weighted by atomic mass is 10.1. The van der Waals surface area contributed by atoms with Crippen LogP contribution in [0.3, 0.4) is 0 Å². The quantitative estimate of drug-likeness (QED) is 0.421. The Morgan fingerprint density at radius 2 is 1.78 bits per heavy atom. The van der Waals surface area contributed by atoms with Gasteiger partial charge in [-0.3, -0.25) is 14.9 Å². The number of halogens is 3. The van der Waals surface area contributed by atoms with Crippen LogP contribution in [0.4, 0.5) is 10.5 Å². The molecule has 3 rings (SSSR count). The first kappa shape index (κ1) is 23.9. The second-order valence-corrected chi connectivity index (χ2v) is 8.15. The molecular weight excluding hydrogens is 479 g/mol. The number of rotatable bonds is 6. The van der Waals surface area contributed by atoms with Gasteiger partial charge in [0.2, 0.25) is 0 Å². The van der Waals surface area contributed by atoms with Crippen molar-refractivity contribution in [2.24, 2.45) is 0 Å². The molecule has 4 amide bonds. The standard InChI is InChI=1S/C22H19Cl3N2O5/c1-4-11(2)32-19-17(25)8-12(9-18(19)31-3)7-14-20(28)26-22(30)27(21(14)29)13-5-6-15(23)16(24)10-13/h5-11H,4H2,1-3H3,(H,26,28,30)/b14-7+/t11-/m0/s1. The molecule has 2 aromatic carbocycles. The summed E-state index contributed by atoms with van der Waals surface area (Å²) < 4.78 is 11.2. The van der Waals surface area contributed by atoms with Gasteiger partial charge in [-0.15, -0.1) is 0 Å². The molecular formula is C22H19Cl3N2O5. The second-order valence-electron chi connectivity index (χ2n) is 6.93. The van der Waals surface area contributed by atoms with Crippen molar-refractivity contribution in [3.63, 3.8) is 0 Å². The van der Waals surface area contributed by atoms with E-state index in [0.29, 0.717) is 17.1 Å². The number of methoxy groups -OCH3 is 1. The number of nitrogens with zero attached hydrogens (tertiary/aromatic N) is 1. The molecule has 0 bridgehead atoms. The molecule has 0 spiro atoms. The van der Waals surface area contributed by atoms with E-state index in [-0.39, 0.29) is 32.4 Å². The zero-order valence-electron chi connectivity index (χ0n) is 17.4. The van der Waals surface area contributed by atoms with E-state index in [9.17, 15) is 14.4 Å². The van der Waals surface area contributed by atoms with Crippen molar-refractivity contribution in [1.29, 1.82) is 0 Å². The third kappa shape index (κ3) is 4.85. The van der Waals surface area contributed by atoms with E-state index < -0.39 is 17.8 Å². The molecule has 1 fully saturated rings. The minimum Gasteiger partial charge on any atom is -0.493 e. The van der Waals surface area contributed by atoms with Crippen LogP contribution in [0.5, 0.6) is 11.5 Å². The van der Waals surface area contributed by atoms with Gasteiger partial charge in [-0.2, -0.15) is 0 Å².